The van der Waals surface area contributed by atoms with E-state index in [2.05, 4.69) is 0 Å². The Morgan fingerprint density at radius 2 is 1.75 bits per heavy atom. The molecule has 10 heteroatoms. The summed E-state index contributed by atoms with van der Waals surface area (Å²) in [4.78, 5) is -0.431. The van der Waals surface area contributed by atoms with Crippen LogP contribution in [0.5, 0.6) is 5.75 Å². The van der Waals surface area contributed by atoms with Crippen LogP contribution in [0.3, 0.4) is 0 Å². The van der Waals surface area contributed by atoms with E-state index in [4.69, 9.17) is 10.00 Å². The van der Waals surface area contributed by atoms with Crippen LogP contribution in [-0.4, -0.2) is 15.0 Å². The van der Waals surface area contributed by atoms with E-state index < -0.39 is 60.1 Å². The molecule has 1 aliphatic carbocycles. The highest BCUT2D eigenvalue weighted by Crippen LogP contribution is 2.57. The quantitative estimate of drug-likeness (QED) is 0.443. The third-order valence-corrected chi connectivity index (χ3v) is 8.73. The first-order valence-electron chi connectivity index (χ1n) is 9.63. The molecule has 0 bridgehead atoms. The second-order valence-electron chi connectivity index (χ2n) is 7.79. The van der Waals surface area contributed by atoms with Gasteiger partial charge in [-0.3, -0.25) is 0 Å². The van der Waals surface area contributed by atoms with Gasteiger partial charge in [0.1, 0.15) is 10.6 Å². The number of benzene rings is 2. The molecule has 2 aliphatic rings. The zero-order chi connectivity index (χ0) is 23.3. The Kier molecular flexibility index (Phi) is 5.28. The summed E-state index contributed by atoms with van der Waals surface area (Å²) in [6.45, 7) is -0.254. The lowest BCUT2D eigenvalue weighted by Crippen LogP contribution is -2.51. The lowest BCUT2D eigenvalue weighted by atomic mass is 9.71. The molecule has 0 aromatic heterocycles. The standard InChI is InChI=1S/C22H16F5NO3S/c23-17-5-6-18(24)20-19(17)21(9-7-13(8-10-28)11-15(21)12-31-20)32(29,30)16-3-1-14(2-4-16)22(25,26)27/h1-6,8,15H,7,9,11-12H2/t15-,21+/m1/s1. The van der Waals surface area contributed by atoms with E-state index in [1.54, 1.807) is 0 Å². The van der Waals surface area contributed by atoms with Crippen LogP contribution in [0.4, 0.5) is 22.0 Å². The van der Waals surface area contributed by atoms with Crippen LogP contribution in [0.15, 0.2) is 52.9 Å². The number of hydrogen-bond donors (Lipinski definition) is 0. The average molecular weight is 469 g/mol. The lowest BCUT2D eigenvalue weighted by Gasteiger charge is -2.47. The first-order chi connectivity index (χ1) is 15.0. The van der Waals surface area contributed by atoms with Crippen molar-refractivity contribution in [2.24, 2.45) is 5.92 Å². The smallest absolute Gasteiger partial charge is 0.416 e. The number of rotatable bonds is 2. The van der Waals surface area contributed by atoms with Crippen LogP contribution < -0.4 is 4.74 Å². The number of nitriles is 1. The highest BCUT2D eigenvalue weighted by molar-refractivity contribution is 7.92. The Morgan fingerprint density at radius 3 is 2.38 bits per heavy atom. The number of halogens is 5. The number of alkyl halides is 3. The minimum Gasteiger partial charge on any atom is -0.490 e. The van der Waals surface area contributed by atoms with Gasteiger partial charge in [0.15, 0.2) is 21.4 Å². The number of sulfone groups is 1. The SMILES string of the molecule is N#CC=C1CC[C@@]2(S(=O)(=O)c3ccc(C(F)(F)F)cc3)c3c(F)ccc(F)c3OC[C@H]2C1. The molecule has 1 heterocycles. The molecule has 32 heavy (non-hydrogen) atoms. The summed E-state index contributed by atoms with van der Waals surface area (Å²) in [5.74, 6) is -3.29. The minimum absolute atomic E-state index is 0.0861. The molecule has 2 aromatic rings. The normalized spacial score (nSPS) is 24.2. The van der Waals surface area contributed by atoms with Crippen LogP contribution in [0, 0.1) is 28.9 Å². The van der Waals surface area contributed by atoms with Crippen molar-refractivity contribution in [1.82, 2.24) is 0 Å². The summed E-state index contributed by atoms with van der Waals surface area (Å²) >= 11 is 0. The van der Waals surface area contributed by atoms with E-state index in [9.17, 15) is 26.0 Å². The van der Waals surface area contributed by atoms with Crippen molar-refractivity contribution >= 4 is 9.84 Å². The van der Waals surface area contributed by atoms with Crippen LogP contribution in [0.2, 0.25) is 0 Å². The van der Waals surface area contributed by atoms with E-state index in [1.165, 1.54) is 6.08 Å². The molecule has 4 nitrogen and oxygen atoms in total. The van der Waals surface area contributed by atoms with Gasteiger partial charge in [-0.05, 0) is 55.7 Å². The third-order valence-electron chi connectivity index (χ3n) is 6.14. The maximum atomic E-state index is 15.1. The zero-order valence-corrected chi connectivity index (χ0v) is 17.2. The summed E-state index contributed by atoms with van der Waals surface area (Å²) < 4.78 is 99.6. The summed E-state index contributed by atoms with van der Waals surface area (Å²) in [7, 11) is -4.50. The van der Waals surface area contributed by atoms with E-state index >= 15 is 4.39 Å². The molecule has 1 saturated carbocycles. The Labute approximate surface area is 180 Å². The molecule has 1 aliphatic heterocycles. The maximum Gasteiger partial charge on any atom is 0.416 e. The van der Waals surface area contributed by atoms with Gasteiger partial charge in [-0.1, -0.05) is 5.57 Å². The lowest BCUT2D eigenvalue weighted by molar-refractivity contribution is -0.137. The summed E-state index contributed by atoms with van der Waals surface area (Å²) in [5.41, 5.74) is -0.845. The highest BCUT2D eigenvalue weighted by atomic mass is 32.2. The van der Waals surface area contributed by atoms with Crippen LogP contribution in [0.1, 0.15) is 30.4 Å². The van der Waals surface area contributed by atoms with Crippen LogP contribution in [-0.2, 0) is 20.8 Å². The van der Waals surface area contributed by atoms with Crippen LogP contribution >= 0.6 is 0 Å². The monoisotopic (exact) mass is 469 g/mol. The van der Waals surface area contributed by atoms with Crippen molar-refractivity contribution < 1.29 is 35.1 Å². The number of ether oxygens (including phenoxy) is 1. The van der Waals surface area contributed by atoms with Crippen molar-refractivity contribution in [3.63, 3.8) is 0 Å². The van der Waals surface area contributed by atoms with Gasteiger partial charge in [-0.2, -0.15) is 18.4 Å². The van der Waals surface area contributed by atoms with Crippen LogP contribution in [0.25, 0.3) is 0 Å². The number of allylic oxidation sites excluding steroid dienone is 2. The molecule has 168 valence electrons. The fourth-order valence-electron chi connectivity index (χ4n) is 4.65. The first-order valence-corrected chi connectivity index (χ1v) is 11.1. The molecule has 2 aromatic carbocycles. The summed E-state index contributed by atoms with van der Waals surface area (Å²) in [6, 6.07) is 6.47. The molecule has 0 saturated heterocycles. The maximum absolute atomic E-state index is 15.1. The van der Waals surface area contributed by atoms with Gasteiger partial charge in [0, 0.05) is 12.0 Å². The molecule has 4 rings (SSSR count). The summed E-state index contributed by atoms with van der Waals surface area (Å²) in [6.07, 6.45) is -3.34. The summed E-state index contributed by atoms with van der Waals surface area (Å²) in [5, 5.41) is 8.97. The minimum atomic E-state index is -4.66. The van der Waals surface area contributed by atoms with Gasteiger partial charge in [-0.25, -0.2) is 17.2 Å². The molecule has 0 spiro atoms. The molecule has 1 fully saturated rings. The average Bonchev–Trinajstić information content (AvgIpc) is 2.75. The third kappa shape index (κ3) is 3.26. The van der Waals surface area contributed by atoms with Crippen molar-refractivity contribution in [2.75, 3.05) is 6.61 Å². The van der Waals surface area contributed by atoms with Gasteiger partial charge < -0.3 is 4.74 Å². The van der Waals surface area contributed by atoms with Gasteiger partial charge in [0.05, 0.1) is 28.7 Å². The van der Waals surface area contributed by atoms with Crippen molar-refractivity contribution in [2.45, 2.75) is 35.1 Å². The highest BCUT2D eigenvalue weighted by Gasteiger charge is 2.59. The molecular formula is C22H16F5NO3S. The van der Waals surface area contributed by atoms with E-state index in [1.807, 2.05) is 6.07 Å². The van der Waals surface area contributed by atoms with Gasteiger partial charge in [-0.15, -0.1) is 0 Å². The fourth-order valence-corrected chi connectivity index (χ4v) is 6.99. The molecular weight excluding hydrogens is 453 g/mol. The predicted octanol–water partition coefficient (Wildman–Crippen LogP) is 5.30. The van der Waals surface area contributed by atoms with Gasteiger partial charge >= 0.3 is 6.18 Å². The molecule has 0 N–H and O–H groups in total. The predicted molar refractivity (Wildman–Crippen MR) is 103 cm³/mol. The van der Waals surface area contributed by atoms with Crippen molar-refractivity contribution in [1.29, 1.82) is 5.26 Å². The fraction of sp³-hybridized carbons (Fsp3) is 0.318. The Bertz CT molecular complexity index is 1250. The number of fused-ring (bicyclic) bond motifs is 3. The molecule has 0 unspecified atom stereocenters. The first kappa shape index (κ1) is 22.3. The topological polar surface area (TPSA) is 67.2 Å². The van der Waals surface area contributed by atoms with Crippen molar-refractivity contribution in [3.8, 4) is 11.8 Å². The molecule has 0 radical (unpaired) electrons. The largest absolute Gasteiger partial charge is 0.490 e. The second-order valence-corrected chi connectivity index (χ2v) is 10.00. The molecule has 2 atom stereocenters. The zero-order valence-electron chi connectivity index (χ0n) is 16.4. The Morgan fingerprint density at radius 1 is 1.09 bits per heavy atom. The van der Waals surface area contributed by atoms with E-state index in [0.29, 0.717) is 17.7 Å². The Hall–Kier alpha value is -2.93. The van der Waals surface area contributed by atoms with Crippen molar-refractivity contribution in [3.05, 3.63) is 70.8 Å². The Balaban J connectivity index is 1.95. The number of hydrogen-bond acceptors (Lipinski definition) is 4. The van der Waals surface area contributed by atoms with E-state index in [-0.39, 0.29) is 25.9 Å². The van der Waals surface area contributed by atoms with Gasteiger partial charge in [0.2, 0.25) is 0 Å². The molecule has 0 amide bonds. The van der Waals surface area contributed by atoms with E-state index in [0.717, 1.165) is 24.3 Å². The second kappa shape index (κ2) is 7.59. The number of nitrogens with zero attached hydrogens (tertiary/aromatic N) is 1. The van der Waals surface area contributed by atoms with Gasteiger partial charge in [0.25, 0.3) is 0 Å².